The van der Waals surface area contributed by atoms with Crippen LogP contribution in [-0.2, 0) is 27.9 Å². The molecule has 6 rings (SSSR count). The fourth-order valence-corrected chi connectivity index (χ4v) is 6.14. The van der Waals surface area contributed by atoms with Crippen LogP contribution in [0.5, 0.6) is 0 Å². The lowest BCUT2D eigenvalue weighted by molar-refractivity contribution is -0.141. The number of hydrogen-bond acceptors (Lipinski definition) is 8. The van der Waals surface area contributed by atoms with Gasteiger partial charge in [-0.2, -0.15) is 13.2 Å². The van der Waals surface area contributed by atoms with Gasteiger partial charge in [0, 0.05) is 30.5 Å². The minimum absolute atomic E-state index is 0.0477. The van der Waals surface area contributed by atoms with Crippen LogP contribution in [0.25, 0.3) is 11.1 Å². The summed E-state index contributed by atoms with van der Waals surface area (Å²) < 4.78 is 45.6. The summed E-state index contributed by atoms with van der Waals surface area (Å²) in [7, 11) is 0. The summed E-state index contributed by atoms with van der Waals surface area (Å²) in [5.41, 5.74) is 0.367. The van der Waals surface area contributed by atoms with Gasteiger partial charge in [-0.1, -0.05) is 30.3 Å². The van der Waals surface area contributed by atoms with E-state index >= 15 is 0 Å². The van der Waals surface area contributed by atoms with Crippen molar-refractivity contribution in [3.8, 4) is 0 Å². The van der Waals surface area contributed by atoms with Crippen LogP contribution < -0.4 is 10.6 Å². The van der Waals surface area contributed by atoms with Crippen LogP contribution in [0, 0.1) is 0 Å². The van der Waals surface area contributed by atoms with Crippen LogP contribution in [0.3, 0.4) is 0 Å². The summed E-state index contributed by atoms with van der Waals surface area (Å²) in [6.07, 6.45) is -2.26. The van der Waals surface area contributed by atoms with Gasteiger partial charge in [0.2, 0.25) is 11.8 Å². The molecule has 2 saturated heterocycles. The molecule has 246 valence electrons. The number of amides is 3. The molecular formula is C34H34F3N5O5. The smallest absolute Gasteiger partial charge is 0.433 e. The largest absolute Gasteiger partial charge is 0.440 e. The summed E-state index contributed by atoms with van der Waals surface area (Å²) in [6.45, 7) is 5.42. The number of carbonyl (C=O) groups excluding carboxylic acids is 3. The lowest BCUT2D eigenvalue weighted by atomic mass is 9.90. The average Bonchev–Trinajstić information content (AvgIpc) is 3.44. The molecule has 0 radical (unpaired) electrons. The monoisotopic (exact) mass is 649 g/mol. The number of piperidine rings is 2. The number of benzene rings is 2. The molecule has 2 aliphatic heterocycles. The summed E-state index contributed by atoms with van der Waals surface area (Å²) in [4.78, 5) is 47.1. The number of carbonyl (C=O) groups is 3. The Balaban J connectivity index is 1.12. The van der Waals surface area contributed by atoms with E-state index in [0.29, 0.717) is 35.4 Å². The molecule has 2 aromatic heterocycles. The molecule has 13 heteroatoms. The number of anilines is 1. The zero-order valence-electron chi connectivity index (χ0n) is 25.9. The van der Waals surface area contributed by atoms with Gasteiger partial charge in [0.1, 0.15) is 16.9 Å². The number of likely N-dealkylation sites (tertiary alicyclic amines) is 1. The molecule has 0 saturated carbocycles. The third kappa shape index (κ3) is 7.20. The predicted molar refractivity (Wildman–Crippen MR) is 165 cm³/mol. The van der Waals surface area contributed by atoms with Crippen LogP contribution >= 0.6 is 0 Å². The van der Waals surface area contributed by atoms with E-state index in [-0.39, 0.29) is 29.3 Å². The maximum absolute atomic E-state index is 13.2. The van der Waals surface area contributed by atoms with Gasteiger partial charge in [0.15, 0.2) is 11.5 Å². The Labute approximate surface area is 268 Å². The molecule has 3 N–H and O–H groups in total. The Morgan fingerprint density at radius 2 is 1.77 bits per heavy atom. The number of hydrogen-bond donors (Lipinski definition) is 3. The fraction of sp³-hybridized carbons (Fsp3) is 0.382. The zero-order chi connectivity index (χ0) is 33.5. The first kappa shape index (κ1) is 32.3. The van der Waals surface area contributed by atoms with Gasteiger partial charge in [0.05, 0.1) is 17.2 Å². The minimum Gasteiger partial charge on any atom is -0.440 e. The topological polar surface area (TPSA) is 138 Å². The molecule has 3 amide bonds. The number of rotatable bonds is 7. The van der Waals surface area contributed by atoms with E-state index in [9.17, 15) is 32.7 Å². The SMILES string of the molecule is CC(C)(O)c1cc2nc(C3CCN(Cc4ccc(C5CCC(=O)NC5=O)cc4)CC3)oc2cc1NC(=O)c1cccc(C(F)(F)F)n1. The van der Waals surface area contributed by atoms with Gasteiger partial charge in [-0.3, -0.25) is 24.6 Å². The van der Waals surface area contributed by atoms with Gasteiger partial charge >= 0.3 is 6.18 Å². The second-order valence-corrected chi connectivity index (χ2v) is 12.6. The highest BCUT2D eigenvalue weighted by Crippen LogP contribution is 2.36. The quantitative estimate of drug-likeness (QED) is 0.220. The van der Waals surface area contributed by atoms with Gasteiger partial charge < -0.3 is 14.8 Å². The van der Waals surface area contributed by atoms with Crippen molar-refractivity contribution in [1.82, 2.24) is 20.2 Å². The van der Waals surface area contributed by atoms with E-state index in [1.54, 1.807) is 6.07 Å². The first-order chi connectivity index (χ1) is 22.2. The number of fused-ring (bicyclic) bond motifs is 1. The number of imide groups is 1. The van der Waals surface area contributed by atoms with Crippen molar-refractivity contribution < 1.29 is 37.1 Å². The van der Waals surface area contributed by atoms with Crippen molar-refractivity contribution in [3.05, 3.63) is 88.6 Å². The van der Waals surface area contributed by atoms with Gasteiger partial charge in [-0.15, -0.1) is 0 Å². The summed E-state index contributed by atoms with van der Waals surface area (Å²) in [5, 5.41) is 15.9. The minimum atomic E-state index is -4.70. The van der Waals surface area contributed by atoms with Crippen LogP contribution in [0.4, 0.5) is 18.9 Å². The number of alkyl halides is 3. The predicted octanol–water partition coefficient (Wildman–Crippen LogP) is 5.62. The molecule has 0 bridgehead atoms. The highest BCUT2D eigenvalue weighted by Gasteiger charge is 2.33. The molecule has 2 aromatic carbocycles. The number of oxazole rings is 1. The molecule has 4 heterocycles. The van der Waals surface area contributed by atoms with Crippen LogP contribution in [-0.4, -0.2) is 50.8 Å². The van der Waals surface area contributed by atoms with E-state index in [0.717, 1.165) is 55.7 Å². The number of aromatic nitrogens is 2. The number of nitrogens with one attached hydrogen (secondary N) is 2. The number of nitrogens with zero attached hydrogens (tertiary/aromatic N) is 3. The fourth-order valence-electron chi connectivity index (χ4n) is 6.14. The standard InChI is InChI=1S/C34H34F3N5O5/c1-33(2,46)23-16-26-27(17-25(23)39-31(45)24-4-3-5-28(38-24)34(35,36)37)47-32(40-26)21-12-14-42(15-13-21)18-19-6-8-20(9-7-19)22-10-11-29(43)41-30(22)44/h3-9,16-17,21-22,46H,10-15,18H2,1-2H3,(H,39,45)(H,41,43,44). The maximum atomic E-state index is 13.2. The molecule has 10 nitrogen and oxygen atoms in total. The van der Waals surface area contributed by atoms with Crippen molar-refractivity contribution in [2.45, 2.75) is 69.7 Å². The normalized spacial score (nSPS) is 18.4. The molecule has 4 aromatic rings. The molecule has 1 unspecified atom stereocenters. The molecule has 1 atom stereocenters. The Morgan fingerprint density at radius 3 is 2.43 bits per heavy atom. The van der Waals surface area contributed by atoms with Gasteiger partial charge in [0.25, 0.3) is 5.91 Å². The van der Waals surface area contributed by atoms with Gasteiger partial charge in [-0.05, 0) is 75.5 Å². The Morgan fingerprint density at radius 1 is 1.04 bits per heavy atom. The first-order valence-electron chi connectivity index (χ1n) is 15.4. The van der Waals surface area contributed by atoms with Crippen molar-refractivity contribution >= 4 is 34.5 Å². The molecule has 0 aliphatic carbocycles. The van der Waals surface area contributed by atoms with Crippen molar-refractivity contribution in [1.29, 1.82) is 0 Å². The lowest BCUT2D eigenvalue weighted by Crippen LogP contribution is -2.39. The number of aliphatic hydroxyl groups is 1. The molecular weight excluding hydrogens is 615 g/mol. The second-order valence-electron chi connectivity index (χ2n) is 12.6. The van der Waals surface area contributed by atoms with Crippen molar-refractivity contribution in [2.75, 3.05) is 18.4 Å². The van der Waals surface area contributed by atoms with Crippen LogP contribution in [0.1, 0.15) is 90.1 Å². The highest BCUT2D eigenvalue weighted by molar-refractivity contribution is 6.04. The van der Waals surface area contributed by atoms with Gasteiger partial charge in [-0.25, -0.2) is 9.97 Å². The summed E-state index contributed by atoms with van der Waals surface area (Å²) in [6, 6.07) is 14.2. The maximum Gasteiger partial charge on any atom is 0.433 e. The lowest BCUT2D eigenvalue weighted by Gasteiger charge is -2.30. The van der Waals surface area contributed by atoms with E-state index < -0.39 is 29.1 Å². The van der Waals surface area contributed by atoms with E-state index in [2.05, 4.69) is 20.5 Å². The van der Waals surface area contributed by atoms with E-state index in [1.165, 1.54) is 26.0 Å². The van der Waals surface area contributed by atoms with Crippen LogP contribution in [0.2, 0.25) is 0 Å². The molecule has 2 fully saturated rings. The first-order valence-corrected chi connectivity index (χ1v) is 15.4. The Hall–Kier alpha value is -4.62. The van der Waals surface area contributed by atoms with E-state index in [1.807, 2.05) is 24.3 Å². The molecule has 47 heavy (non-hydrogen) atoms. The zero-order valence-corrected chi connectivity index (χ0v) is 25.9. The molecule has 2 aliphatic rings. The summed E-state index contributed by atoms with van der Waals surface area (Å²) >= 11 is 0. The van der Waals surface area contributed by atoms with Crippen LogP contribution in [0.15, 0.2) is 59.0 Å². The third-order valence-electron chi connectivity index (χ3n) is 8.69. The summed E-state index contributed by atoms with van der Waals surface area (Å²) in [5.74, 6) is -1.07. The highest BCUT2D eigenvalue weighted by atomic mass is 19.4. The Kier molecular flexibility index (Phi) is 8.62. The van der Waals surface area contributed by atoms with Crippen molar-refractivity contribution in [3.63, 3.8) is 0 Å². The number of halogens is 3. The average molecular weight is 650 g/mol. The molecule has 0 spiro atoms. The van der Waals surface area contributed by atoms with Crippen molar-refractivity contribution in [2.24, 2.45) is 0 Å². The second kappa shape index (κ2) is 12.5. The number of pyridine rings is 1. The van der Waals surface area contributed by atoms with E-state index in [4.69, 9.17) is 9.40 Å². The Bertz CT molecular complexity index is 1820. The third-order valence-corrected chi connectivity index (χ3v) is 8.69.